The van der Waals surface area contributed by atoms with Crippen LogP contribution in [0.2, 0.25) is 0 Å². The average molecular weight is 274 g/mol. The first-order chi connectivity index (χ1) is 8.31. The van der Waals surface area contributed by atoms with Crippen molar-refractivity contribution in [3.05, 3.63) is 29.2 Å². The van der Waals surface area contributed by atoms with E-state index in [-0.39, 0.29) is 0 Å². The molecule has 0 saturated heterocycles. The molecule has 18 heavy (non-hydrogen) atoms. The number of benzene rings is 1. The van der Waals surface area contributed by atoms with Crippen LogP contribution < -0.4 is 4.90 Å². The van der Waals surface area contributed by atoms with Crippen LogP contribution in [0.4, 0.5) is 11.4 Å². The highest BCUT2D eigenvalue weighted by molar-refractivity contribution is 7.79. The van der Waals surface area contributed by atoms with E-state index in [4.69, 9.17) is 22.9 Å². The first kappa shape index (κ1) is 16.3. The topological polar surface area (TPSA) is 106 Å². The minimum absolute atomic E-state index is 0.593. The van der Waals surface area contributed by atoms with E-state index in [0.29, 0.717) is 5.69 Å². The summed E-state index contributed by atoms with van der Waals surface area (Å²) in [5.74, 6) is 0. The van der Waals surface area contributed by atoms with Crippen molar-refractivity contribution in [2.24, 2.45) is 0 Å². The largest absolute Gasteiger partial charge is 0.394 e. The molecule has 0 fully saturated rings. The summed E-state index contributed by atoms with van der Waals surface area (Å²) >= 11 is 0. The van der Waals surface area contributed by atoms with Crippen molar-refractivity contribution in [1.29, 1.82) is 5.39 Å². The third-order valence-electron chi connectivity index (χ3n) is 2.09. The Balaban J connectivity index is 0.000000494. The molecule has 0 radical (unpaired) electrons. The highest BCUT2D eigenvalue weighted by Gasteiger charge is 2.05. The van der Waals surface area contributed by atoms with Gasteiger partial charge in [-0.25, -0.2) is 0 Å². The molecule has 0 atom stereocenters. The van der Waals surface area contributed by atoms with Crippen molar-refractivity contribution in [2.45, 2.75) is 13.8 Å². The zero-order chi connectivity index (χ0) is 14.2. The molecule has 0 aliphatic rings. The minimum Gasteiger partial charge on any atom is -0.372 e. The van der Waals surface area contributed by atoms with Crippen molar-refractivity contribution in [3.8, 4) is 0 Å². The van der Waals surface area contributed by atoms with E-state index in [1.54, 1.807) is 12.1 Å². The van der Waals surface area contributed by atoms with Gasteiger partial charge in [-0.1, -0.05) is 0 Å². The summed E-state index contributed by atoms with van der Waals surface area (Å²) in [4.78, 5) is 5.34. The van der Waals surface area contributed by atoms with E-state index >= 15 is 0 Å². The first-order valence-electron chi connectivity index (χ1n) is 5.21. The van der Waals surface area contributed by atoms with Crippen molar-refractivity contribution in [2.75, 3.05) is 18.0 Å². The molecule has 0 amide bonds. The van der Waals surface area contributed by atoms with Crippen LogP contribution in [0, 0.1) is 5.39 Å². The molecule has 0 spiro atoms. The van der Waals surface area contributed by atoms with E-state index in [1.807, 2.05) is 12.1 Å². The van der Waals surface area contributed by atoms with Crippen LogP contribution in [0.3, 0.4) is 0 Å². The lowest BCUT2D eigenvalue weighted by Gasteiger charge is -2.20. The Kier molecular flexibility index (Phi) is 6.89. The van der Waals surface area contributed by atoms with Gasteiger partial charge in [0.25, 0.3) is 0 Å². The number of hydrogen-bond acceptors (Lipinski definition) is 4. The SMILES string of the molecule is CCN(CC)c1ccc([N+]#N)cc1.O=S(=O)(O)O. The van der Waals surface area contributed by atoms with Crippen molar-refractivity contribution in [1.82, 2.24) is 0 Å². The maximum absolute atomic E-state index is 8.74. The Morgan fingerprint density at radius 1 is 1.17 bits per heavy atom. The van der Waals surface area contributed by atoms with Gasteiger partial charge in [-0.2, -0.15) is 8.42 Å². The first-order valence-corrected chi connectivity index (χ1v) is 6.61. The molecule has 0 heterocycles. The van der Waals surface area contributed by atoms with Gasteiger partial charge in [0.05, 0.1) is 0 Å². The van der Waals surface area contributed by atoms with Crippen LogP contribution in [0.1, 0.15) is 13.8 Å². The minimum atomic E-state index is -4.67. The summed E-state index contributed by atoms with van der Waals surface area (Å²) in [5, 5.41) is 8.49. The molecule has 0 aliphatic heterocycles. The highest BCUT2D eigenvalue weighted by atomic mass is 32.3. The number of hydrogen-bond donors (Lipinski definition) is 2. The second-order valence-corrected chi connectivity index (χ2v) is 4.13. The molecule has 2 N–H and O–H groups in total. The van der Waals surface area contributed by atoms with Gasteiger partial charge < -0.3 is 4.90 Å². The zero-order valence-electron chi connectivity index (χ0n) is 10.2. The van der Waals surface area contributed by atoms with Crippen LogP contribution in [0.5, 0.6) is 0 Å². The van der Waals surface area contributed by atoms with Gasteiger partial charge in [-0.15, -0.1) is 0 Å². The Hall–Kier alpha value is -1.69. The lowest BCUT2D eigenvalue weighted by Crippen LogP contribution is -2.21. The van der Waals surface area contributed by atoms with Gasteiger partial charge in [-0.3, -0.25) is 9.11 Å². The molecule has 0 aliphatic carbocycles. The van der Waals surface area contributed by atoms with Gasteiger partial charge in [-0.05, 0) is 26.0 Å². The monoisotopic (exact) mass is 274 g/mol. The van der Waals surface area contributed by atoms with E-state index in [2.05, 4.69) is 23.7 Å². The Morgan fingerprint density at radius 2 is 1.56 bits per heavy atom. The molecule has 0 bridgehead atoms. The number of rotatable bonds is 3. The molecule has 1 aromatic rings. The average Bonchev–Trinajstić information content (AvgIpc) is 2.29. The third kappa shape index (κ3) is 7.56. The number of anilines is 1. The van der Waals surface area contributed by atoms with Crippen molar-refractivity contribution >= 4 is 21.8 Å². The van der Waals surface area contributed by atoms with E-state index in [0.717, 1.165) is 18.8 Å². The van der Waals surface area contributed by atoms with Crippen molar-refractivity contribution in [3.63, 3.8) is 0 Å². The smallest absolute Gasteiger partial charge is 0.372 e. The molecule has 1 aromatic carbocycles. The van der Waals surface area contributed by atoms with Crippen LogP contribution >= 0.6 is 0 Å². The molecular formula is C10H16N3O4S+. The molecular weight excluding hydrogens is 258 g/mol. The van der Waals surface area contributed by atoms with Gasteiger partial charge >= 0.3 is 16.1 Å². The van der Waals surface area contributed by atoms with Crippen molar-refractivity contribution < 1.29 is 17.5 Å². The maximum atomic E-state index is 8.74. The van der Waals surface area contributed by atoms with Crippen LogP contribution in [0.25, 0.3) is 4.98 Å². The van der Waals surface area contributed by atoms with Crippen LogP contribution in [-0.2, 0) is 10.4 Å². The van der Waals surface area contributed by atoms with Gasteiger partial charge in [0.15, 0.2) is 4.98 Å². The third-order valence-corrected chi connectivity index (χ3v) is 2.09. The predicted octanol–water partition coefficient (Wildman–Crippen LogP) is 2.36. The molecule has 100 valence electrons. The fourth-order valence-electron chi connectivity index (χ4n) is 1.32. The predicted molar refractivity (Wildman–Crippen MR) is 68.9 cm³/mol. The second-order valence-electron chi connectivity index (χ2n) is 3.24. The summed E-state index contributed by atoms with van der Waals surface area (Å²) in [6, 6.07) is 7.52. The van der Waals surface area contributed by atoms with Gasteiger partial charge in [0, 0.05) is 30.9 Å². The van der Waals surface area contributed by atoms with E-state index in [9.17, 15) is 0 Å². The standard InChI is InChI=1S/C10H14N3.H2O4S/c1-3-13(4-2)10-7-5-9(12-11)6-8-10;1-5(2,3)4/h5-8H,3-4H2,1-2H3;(H2,1,2,3,4)/q+1;. The Morgan fingerprint density at radius 3 is 1.83 bits per heavy atom. The molecule has 0 saturated carbocycles. The van der Waals surface area contributed by atoms with Crippen LogP contribution in [-0.4, -0.2) is 30.6 Å². The second kappa shape index (κ2) is 7.60. The van der Waals surface area contributed by atoms with Gasteiger partial charge in [0.2, 0.25) is 5.39 Å². The number of diazo groups is 1. The lowest BCUT2D eigenvalue weighted by atomic mass is 10.2. The molecule has 7 nitrogen and oxygen atoms in total. The highest BCUT2D eigenvalue weighted by Crippen LogP contribution is 2.19. The fraction of sp³-hybridized carbons (Fsp3) is 0.400. The van der Waals surface area contributed by atoms with E-state index < -0.39 is 10.4 Å². The quantitative estimate of drug-likeness (QED) is 0.647. The van der Waals surface area contributed by atoms with Crippen LogP contribution in [0.15, 0.2) is 24.3 Å². The molecule has 8 heteroatoms. The summed E-state index contributed by atoms with van der Waals surface area (Å²) in [6.45, 7) is 6.22. The molecule has 0 aromatic heterocycles. The lowest BCUT2D eigenvalue weighted by molar-refractivity contribution is 0.381. The molecule has 0 unspecified atom stereocenters. The zero-order valence-corrected chi connectivity index (χ0v) is 11.0. The summed E-state index contributed by atoms with van der Waals surface area (Å²) in [5.41, 5.74) is 1.76. The van der Waals surface area contributed by atoms with E-state index in [1.165, 1.54) is 0 Å². The Labute approximate surface area is 106 Å². The Bertz CT molecular complexity index is 481. The summed E-state index contributed by atoms with van der Waals surface area (Å²) in [7, 11) is -4.67. The molecule has 1 rings (SSSR count). The van der Waals surface area contributed by atoms with Gasteiger partial charge in [0.1, 0.15) is 0 Å². The maximum Gasteiger partial charge on any atom is 0.394 e. The summed E-state index contributed by atoms with van der Waals surface area (Å²) < 4.78 is 31.6. The fourth-order valence-corrected chi connectivity index (χ4v) is 1.32. The number of nitrogens with zero attached hydrogens (tertiary/aromatic N) is 3. The summed E-state index contributed by atoms with van der Waals surface area (Å²) in [6.07, 6.45) is 0. The normalized spacial score (nSPS) is 9.94.